The van der Waals surface area contributed by atoms with Crippen LogP contribution in [-0.4, -0.2) is 18.6 Å². The zero-order chi connectivity index (χ0) is 18.4. The van der Waals surface area contributed by atoms with E-state index in [-0.39, 0.29) is 30.3 Å². The first-order chi connectivity index (χ1) is 12.7. The highest BCUT2D eigenvalue weighted by atomic mass is 35.5. The fourth-order valence-corrected chi connectivity index (χ4v) is 3.31. The molecule has 3 N–H and O–H groups in total. The molecule has 0 heterocycles. The minimum atomic E-state index is -0.0184. The van der Waals surface area contributed by atoms with Crippen molar-refractivity contribution in [3.05, 3.63) is 48.5 Å². The topological polar surface area (TPSA) is 73.6 Å². The number of anilines is 1. The maximum Gasteiger partial charge on any atom is 0.224 e. The molecule has 2 atom stereocenters. The van der Waals surface area contributed by atoms with Crippen LogP contribution in [0.4, 0.5) is 5.69 Å². The molecule has 1 aliphatic carbocycles. The Morgan fingerprint density at radius 2 is 1.81 bits per heavy atom. The summed E-state index contributed by atoms with van der Waals surface area (Å²) in [6, 6.07) is 15.0. The van der Waals surface area contributed by atoms with E-state index in [2.05, 4.69) is 5.32 Å². The number of halogens is 1. The molecule has 0 unspecified atom stereocenters. The average Bonchev–Trinajstić information content (AvgIpc) is 3.03. The van der Waals surface area contributed by atoms with Gasteiger partial charge in [-0.1, -0.05) is 18.6 Å². The quantitative estimate of drug-likeness (QED) is 0.715. The van der Waals surface area contributed by atoms with Crippen LogP contribution in [0.25, 0.3) is 0 Å². The number of hydrogen-bond acceptors (Lipinski definition) is 4. The lowest BCUT2D eigenvalue weighted by molar-refractivity contribution is -0.117. The molecule has 1 aliphatic rings. The third-order valence-electron chi connectivity index (χ3n) is 4.69. The molecule has 146 valence electrons. The molecular weight excluding hydrogens is 364 g/mol. The molecule has 6 heteroatoms. The van der Waals surface area contributed by atoms with Gasteiger partial charge < -0.3 is 20.5 Å². The molecule has 1 amide bonds. The standard InChI is InChI=1S/C21H26N2O3.ClH/c1-2-25-16-10-12-17(13-11-16)26-20-9-4-3-8-19(20)23-21(24)14-15-6-5-7-18(15)22;/h3-4,8-13,15,18H,2,5-7,14,22H2,1H3,(H,23,24);1H/t15-,18+;/m0./s1. The van der Waals surface area contributed by atoms with Gasteiger partial charge in [0.25, 0.3) is 0 Å². The lowest BCUT2D eigenvalue weighted by Gasteiger charge is -2.16. The van der Waals surface area contributed by atoms with Gasteiger partial charge in [0, 0.05) is 12.5 Å². The molecule has 2 aromatic rings. The third kappa shape index (κ3) is 5.88. The number of nitrogens with two attached hydrogens (primary N) is 1. The molecular formula is C21H27ClN2O3. The summed E-state index contributed by atoms with van der Waals surface area (Å²) in [7, 11) is 0. The van der Waals surface area contributed by atoms with Crippen molar-refractivity contribution in [1.82, 2.24) is 0 Å². The largest absolute Gasteiger partial charge is 0.494 e. The lowest BCUT2D eigenvalue weighted by atomic mass is 10.00. The van der Waals surface area contributed by atoms with Crippen molar-refractivity contribution in [2.45, 2.75) is 38.6 Å². The van der Waals surface area contributed by atoms with E-state index in [0.717, 1.165) is 25.0 Å². The fourth-order valence-electron chi connectivity index (χ4n) is 3.31. The summed E-state index contributed by atoms with van der Waals surface area (Å²) in [5.74, 6) is 2.35. The Morgan fingerprint density at radius 3 is 2.48 bits per heavy atom. The van der Waals surface area contributed by atoms with Crippen LogP contribution in [-0.2, 0) is 4.79 Å². The number of nitrogens with one attached hydrogen (secondary N) is 1. The summed E-state index contributed by atoms with van der Waals surface area (Å²) < 4.78 is 11.4. The molecule has 0 aliphatic heterocycles. The molecule has 1 fully saturated rings. The maximum atomic E-state index is 12.4. The molecule has 0 spiro atoms. The van der Waals surface area contributed by atoms with Crippen LogP contribution in [0.15, 0.2) is 48.5 Å². The van der Waals surface area contributed by atoms with Gasteiger partial charge in [-0.05, 0) is 62.1 Å². The van der Waals surface area contributed by atoms with E-state index >= 15 is 0 Å². The highest BCUT2D eigenvalue weighted by Gasteiger charge is 2.26. The fraction of sp³-hybridized carbons (Fsp3) is 0.381. The molecule has 0 saturated heterocycles. The second-order valence-corrected chi connectivity index (χ2v) is 6.61. The van der Waals surface area contributed by atoms with E-state index in [9.17, 15) is 4.79 Å². The third-order valence-corrected chi connectivity index (χ3v) is 4.69. The molecule has 0 bridgehead atoms. The van der Waals surface area contributed by atoms with Crippen LogP contribution in [0.1, 0.15) is 32.6 Å². The summed E-state index contributed by atoms with van der Waals surface area (Å²) in [5.41, 5.74) is 6.74. The van der Waals surface area contributed by atoms with Gasteiger partial charge in [-0.15, -0.1) is 12.4 Å². The number of para-hydroxylation sites is 2. The van der Waals surface area contributed by atoms with Gasteiger partial charge >= 0.3 is 0 Å². The summed E-state index contributed by atoms with van der Waals surface area (Å²) in [5, 5.41) is 2.97. The van der Waals surface area contributed by atoms with Gasteiger partial charge in [0.05, 0.1) is 12.3 Å². The van der Waals surface area contributed by atoms with Gasteiger partial charge in [0.1, 0.15) is 11.5 Å². The number of carbonyl (C=O) groups is 1. The minimum absolute atomic E-state index is 0. The number of ether oxygens (including phenoxy) is 2. The van der Waals surface area contributed by atoms with E-state index in [1.165, 1.54) is 0 Å². The monoisotopic (exact) mass is 390 g/mol. The first-order valence-corrected chi connectivity index (χ1v) is 9.21. The van der Waals surface area contributed by atoms with E-state index in [0.29, 0.717) is 30.2 Å². The molecule has 1 saturated carbocycles. The van der Waals surface area contributed by atoms with Crippen molar-refractivity contribution in [3.8, 4) is 17.2 Å². The SMILES string of the molecule is CCOc1ccc(Oc2ccccc2NC(=O)C[C@@H]2CCC[C@H]2N)cc1.Cl. The number of amides is 1. The van der Waals surface area contributed by atoms with Crippen LogP contribution >= 0.6 is 12.4 Å². The maximum absolute atomic E-state index is 12.4. The van der Waals surface area contributed by atoms with Gasteiger partial charge in [0.2, 0.25) is 5.91 Å². The Hall–Kier alpha value is -2.24. The van der Waals surface area contributed by atoms with Crippen molar-refractivity contribution < 1.29 is 14.3 Å². The smallest absolute Gasteiger partial charge is 0.224 e. The molecule has 0 aromatic heterocycles. The van der Waals surface area contributed by atoms with Crippen LogP contribution in [0.2, 0.25) is 0 Å². The minimum Gasteiger partial charge on any atom is -0.494 e. The summed E-state index contributed by atoms with van der Waals surface area (Å²) in [6.07, 6.45) is 3.60. The van der Waals surface area contributed by atoms with Gasteiger partial charge in [-0.3, -0.25) is 4.79 Å². The summed E-state index contributed by atoms with van der Waals surface area (Å²) in [4.78, 5) is 12.4. The first-order valence-electron chi connectivity index (χ1n) is 9.21. The Morgan fingerprint density at radius 1 is 1.11 bits per heavy atom. The first kappa shape index (κ1) is 21.1. The van der Waals surface area contributed by atoms with Gasteiger partial charge in [-0.2, -0.15) is 0 Å². The van der Waals surface area contributed by atoms with E-state index in [4.69, 9.17) is 15.2 Å². The predicted octanol–water partition coefficient (Wildman–Crippen LogP) is 4.76. The summed E-state index contributed by atoms with van der Waals surface area (Å²) >= 11 is 0. The highest BCUT2D eigenvalue weighted by Crippen LogP contribution is 2.31. The van der Waals surface area contributed by atoms with E-state index in [1.807, 2.05) is 55.5 Å². The lowest BCUT2D eigenvalue weighted by Crippen LogP contribution is -2.28. The molecule has 27 heavy (non-hydrogen) atoms. The predicted molar refractivity (Wildman–Crippen MR) is 110 cm³/mol. The Balaban J connectivity index is 0.00000261. The zero-order valence-electron chi connectivity index (χ0n) is 15.5. The Kier molecular flexibility index (Phi) is 7.95. The number of rotatable bonds is 7. The number of hydrogen-bond donors (Lipinski definition) is 2. The van der Waals surface area contributed by atoms with Crippen LogP contribution in [0, 0.1) is 5.92 Å². The average molecular weight is 391 g/mol. The second kappa shape index (κ2) is 10.2. The Labute approximate surface area is 166 Å². The normalized spacial score (nSPS) is 18.4. The molecule has 3 rings (SSSR count). The number of carbonyl (C=O) groups excluding carboxylic acids is 1. The molecule has 0 radical (unpaired) electrons. The second-order valence-electron chi connectivity index (χ2n) is 6.61. The van der Waals surface area contributed by atoms with Crippen molar-refractivity contribution in [1.29, 1.82) is 0 Å². The van der Waals surface area contributed by atoms with Gasteiger partial charge in [0.15, 0.2) is 5.75 Å². The molecule has 2 aromatic carbocycles. The van der Waals surface area contributed by atoms with E-state index in [1.54, 1.807) is 0 Å². The number of benzene rings is 2. The van der Waals surface area contributed by atoms with Crippen molar-refractivity contribution in [2.24, 2.45) is 11.7 Å². The summed E-state index contributed by atoms with van der Waals surface area (Å²) in [6.45, 7) is 2.57. The van der Waals surface area contributed by atoms with Crippen LogP contribution < -0.4 is 20.5 Å². The Bertz CT molecular complexity index is 736. The van der Waals surface area contributed by atoms with Crippen molar-refractivity contribution in [3.63, 3.8) is 0 Å². The van der Waals surface area contributed by atoms with Crippen molar-refractivity contribution in [2.75, 3.05) is 11.9 Å². The van der Waals surface area contributed by atoms with E-state index < -0.39 is 0 Å². The van der Waals surface area contributed by atoms with Crippen LogP contribution in [0.3, 0.4) is 0 Å². The van der Waals surface area contributed by atoms with Crippen LogP contribution in [0.5, 0.6) is 17.2 Å². The zero-order valence-corrected chi connectivity index (χ0v) is 16.3. The highest BCUT2D eigenvalue weighted by molar-refractivity contribution is 5.92. The van der Waals surface area contributed by atoms with Crippen molar-refractivity contribution >= 4 is 24.0 Å². The van der Waals surface area contributed by atoms with Gasteiger partial charge in [-0.25, -0.2) is 0 Å². The molecule has 5 nitrogen and oxygen atoms in total.